The minimum absolute atomic E-state index is 0.118. The van der Waals surface area contributed by atoms with Gasteiger partial charge in [0.25, 0.3) is 0 Å². The molecule has 1 aliphatic heterocycles. The molecule has 0 saturated carbocycles. The second-order valence-electron chi connectivity index (χ2n) is 5.25. The highest BCUT2D eigenvalue weighted by Gasteiger charge is 2.39. The molecule has 0 fully saturated rings. The maximum Gasteiger partial charge on any atom is 0.320 e. The molecule has 2 amide bonds. The van der Waals surface area contributed by atoms with Gasteiger partial charge in [-0.05, 0) is 17.7 Å². The molecule has 4 nitrogen and oxygen atoms in total. The minimum atomic E-state index is -0.579. The number of ketones is 1. The van der Waals surface area contributed by atoms with Crippen molar-refractivity contribution >= 4 is 17.5 Å². The van der Waals surface area contributed by atoms with E-state index in [2.05, 4.69) is 10.6 Å². The van der Waals surface area contributed by atoms with Crippen LogP contribution in [0, 0.1) is 5.82 Å². The molecule has 4 rings (SSSR count). The van der Waals surface area contributed by atoms with Crippen molar-refractivity contribution in [2.45, 2.75) is 6.04 Å². The first kappa shape index (κ1) is 12.8. The summed E-state index contributed by atoms with van der Waals surface area (Å²) in [6, 6.07) is 12.0. The van der Waals surface area contributed by atoms with E-state index >= 15 is 0 Å². The Morgan fingerprint density at radius 3 is 2.32 bits per heavy atom. The Bertz CT molecular complexity index is 840. The van der Waals surface area contributed by atoms with Gasteiger partial charge in [0.1, 0.15) is 5.82 Å². The Morgan fingerprint density at radius 1 is 0.909 bits per heavy atom. The van der Waals surface area contributed by atoms with Gasteiger partial charge in [-0.1, -0.05) is 36.4 Å². The predicted molar refractivity (Wildman–Crippen MR) is 78.5 cm³/mol. The van der Waals surface area contributed by atoms with Gasteiger partial charge in [0.15, 0.2) is 5.78 Å². The molecule has 5 heteroatoms. The Kier molecular flexibility index (Phi) is 2.63. The molecule has 2 aliphatic rings. The Morgan fingerprint density at radius 2 is 1.59 bits per heavy atom. The number of Topliss-reactive ketones (excluding diaryl/α,β-unsaturated/α-hetero) is 1. The van der Waals surface area contributed by atoms with Crippen LogP contribution in [0.1, 0.15) is 27.5 Å². The van der Waals surface area contributed by atoms with Crippen LogP contribution in [0.2, 0.25) is 0 Å². The number of hydrogen-bond acceptors (Lipinski definition) is 2. The lowest BCUT2D eigenvalue weighted by Gasteiger charge is -2.26. The Balaban J connectivity index is 1.88. The van der Waals surface area contributed by atoms with Crippen LogP contribution in [-0.4, -0.2) is 11.8 Å². The van der Waals surface area contributed by atoms with E-state index in [0.717, 1.165) is 5.56 Å². The van der Waals surface area contributed by atoms with Crippen LogP contribution in [0.3, 0.4) is 0 Å². The van der Waals surface area contributed by atoms with Gasteiger partial charge < -0.3 is 10.6 Å². The van der Waals surface area contributed by atoms with Crippen molar-refractivity contribution in [3.05, 3.63) is 76.6 Å². The molecule has 1 heterocycles. The summed E-state index contributed by atoms with van der Waals surface area (Å²) in [6.45, 7) is 0. The van der Waals surface area contributed by atoms with Gasteiger partial charge in [0.2, 0.25) is 0 Å². The van der Waals surface area contributed by atoms with Gasteiger partial charge in [-0.15, -0.1) is 0 Å². The number of hydrogen-bond donors (Lipinski definition) is 2. The van der Waals surface area contributed by atoms with Gasteiger partial charge in [-0.3, -0.25) is 4.79 Å². The molecule has 1 unspecified atom stereocenters. The second-order valence-corrected chi connectivity index (χ2v) is 5.25. The third-order valence-corrected chi connectivity index (χ3v) is 3.96. The van der Waals surface area contributed by atoms with E-state index < -0.39 is 6.04 Å². The van der Waals surface area contributed by atoms with E-state index in [4.69, 9.17) is 0 Å². The average Bonchev–Trinajstić information content (AvgIpc) is 2.81. The van der Waals surface area contributed by atoms with E-state index in [-0.39, 0.29) is 17.6 Å². The van der Waals surface area contributed by atoms with Gasteiger partial charge in [-0.2, -0.15) is 0 Å². The summed E-state index contributed by atoms with van der Waals surface area (Å²) in [5.74, 6) is -0.480. The third kappa shape index (κ3) is 1.75. The van der Waals surface area contributed by atoms with Gasteiger partial charge in [-0.25, -0.2) is 9.18 Å². The summed E-state index contributed by atoms with van der Waals surface area (Å²) in [5.41, 5.74) is 3.00. The highest BCUT2D eigenvalue weighted by Crippen LogP contribution is 2.39. The van der Waals surface area contributed by atoms with Crippen molar-refractivity contribution in [3.63, 3.8) is 0 Å². The zero-order chi connectivity index (χ0) is 15.3. The molecule has 22 heavy (non-hydrogen) atoms. The minimum Gasteiger partial charge on any atom is -0.327 e. The van der Waals surface area contributed by atoms with E-state index in [1.54, 1.807) is 24.3 Å². The van der Waals surface area contributed by atoms with Crippen molar-refractivity contribution in [2.24, 2.45) is 0 Å². The number of rotatable bonds is 1. The first-order valence-corrected chi connectivity index (χ1v) is 6.86. The first-order valence-electron chi connectivity index (χ1n) is 6.86. The molecule has 2 aromatic carbocycles. The zero-order valence-electron chi connectivity index (χ0n) is 11.4. The largest absolute Gasteiger partial charge is 0.327 e. The summed E-state index contributed by atoms with van der Waals surface area (Å²) in [5, 5.41) is 5.45. The van der Waals surface area contributed by atoms with Gasteiger partial charge in [0, 0.05) is 11.1 Å². The summed E-state index contributed by atoms with van der Waals surface area (Å²) in [4.78, 5) is 24.6. The van der Waals surface area contributed by atoms with Crippen LogP contribution in [0.4, 0.5) is 9.18 Å². The molecule has 0 aromatic heterocycles. The topological polar surface area (TPSA) is 58.2 Å². The van der Waals surface area contributed by atoms with Crippen LogP contribution in [0.15, 0.2) is 54.1 Å². The lowest BCUT2D eigenvalue weighted by atomic mass is 9.94. The summed E-state index contributed by atoms with van der Waals surface area (Å²) in [6.07, 6.45) is 0. The van der Waals surface area contributed by atoms with Crippen LogP contribution < -0.4 is 10.6 Å². The molecule has 2 N–H and O–H groups in total. The SMILES string of the molecule is O=C1NC2=C(C(=O)c3ccccc32)C(c2ccc(F)cc2)N1. The van der Waals surface area contributed by atoms with E-state index in [9.17, 15) is 14.0 Å². The molecule has 1 atom stereocenters. The summed E-state index contributed by atoms with van der Waals surface area (Å²) in [7, 11) is 0. The fourth-order valence-electron chi connectivity index (χ4n) is 2.97. The van der Waals surface area contributed by atoms with Crippen LogP contribution >= 0.6 is 0 Å². The zero-order valence-corrected chi connectivity index (χ0v) is 11.4. The van der Waals surface area contributed by atoms with Crippen LogP contribution in [0.5, 0.6) is 0 Å². The second kappa shape index (κ2) is 4.53. The van der Waals surface area contributed by atoms with Crippen molar-refractivity contribution < 1.29 is 14.0 Å². The molecule has 0 saturated heterocycles. The summed E-state index contributed by atoms with van der Waals surface area (Å²) < 4.78 is 13.1. The highest BCUT2D eigenvalue weighted by atomic mass is 19.1. The fraction of sp³-hybridized carbons (Fsp3) is 0.0588. The Hall–Kier alpha value is -2.95. The number of halogens is 1. The lowest BCUT2D eigenvalue weighted by molar-refractivity contribution is 0.103. The van der Waals surface area contributed by atoms with Crippen LogP contribution in [-0.2, 0) is 0 Å². The number of amides is 2. The smallest absolute Gasteiger partial charge is 0.320 e. The molecule has 1 aliphatic carbocycles. The summed E-state index contributed by atoms with van der Waals surface area (Å²) >= 11 is 0. The number of urea groups is 1. The molecular formula is C17H11FN2O2. The van der Waals surface area contributed by atoms with Crippen molar-refractivity contribution in [3.8, 4) is 0 Å². The molecule has 0 bridgehead atoms. The van der Waals surface area contributed by atoms with E-state index in [1.807, 2.05) is 12.1 Å². The highest BCUT2D eigenvalue weighted by molar-refractivity contribution is 6.23. The number of benzene rings is 2. The lowest BCUT2D eigenvalue weighted by Crippen LogP contribution is -2.43. The van der Waals surface area contributed by atoms with Gasteiger partial charge in [0.05, 0.1) is 17.3 Å². The maximum absolute atomic E-state index is 13.1. The monoisotopic (exact) mass is 294 g/mol. The number of carbonyl (C=O) groups is 2. The Labute approximate surface area is 125 Å². The van der Waals surface area contributed by atoms with Crippen molar-refractivity contribution in [2.75, 3.05) is 0 Å². The fourth-order valence-corrected chi connectivity index (χ4v) is 2.97. The van der Waals surface area contributed by atoms with Crippen molar-refractivity contribution in [1.29, 1.82) is 0 Å². The van der Waals surface area contributed by atoms with Crippen LogP contribution in [0.25, 0.3) is 5.70 Å². The van der Waals surface area contributed by atoms with E-state index in [0.29, 0.717) is 22.4 Å². The van der Waals surface area contributed by atoms with Crippen molar-refractivity contribution in [1.82, 2.24) is 10.6 Å². The standard InChI is InChI=1S/C17H11FN2O2/c18-10-7-5-9(6-8-10)14-13-15(20-17(22)19-14)11-3-1-2-4-12(11)16(13)21/h1-8,14H,(H2,19,20,22). The molecule has 0 spiro atoms. The number of carbonyl (C=O) groups excluding carboxylic acids is 2. The number of nitrogens with one attached hydrogen (secondary N) is 2. The van der Waals surface area contributed by atoms with Gasteiger partial charge >= 0.3 is 6.03 Å². The normalized spacial score (nSPS) is 19.4. The molecule has 108 valence electrons. The van der Waals surface area contributed by atoms with E-state index in [1.165, 1.54) is 12.1 Å². The maximum atomic E-state index is 13.1. The average molecular weight is 294 g/mol. The third-order valence-electron chi connectivity index (χ3n) is 3.96. The molecule has 2 aromatic rings. The molecular weight excluding hydrogens is 283 g/mol. The predicted octanol–water partition coefficient (Wildman–Crippen LogP) is 2.79. The molecule has 0 radical (unpaired) electrons. The quantitative estimate of drug-likeness (QED) is 0.849. The number of fused-ring (bicyclic) bond motifs is 2. The first-order chi connectivity index (χ1) is 10.6.